The first-order valence-electron chi connectivity index (χ1n) is 6.48. The number of nitrogens with one attached hydrogen (secondary N) is 2. The molecule has 0 radical (unpaired) electrons. The van der Waals surface area contributed by atoms with Crippen molar-refractivity contribution in [2.75, 3.05) is 18.4 Å². The lowest BCUT2D eigenvalue weighted by Crippen LogP contribution is -2.25. The molecule has 1 aliphatic carbocycles. The van der Waals surface area contributed by atoms with E-state index >= 15 is 0 Å². The van der Waals surface area contributed by atoms with E-state index in [2.05, 4.69) is 10.6 Å². The van der Waals surface area contributed by atoms with Crippen molar-refractivity contribution >= 4 is 11.6 Å². The Bertz CT molecular complexity index is 438. The molecule has 1 aliphatic heterocycles. The summed E-state index contributed by atoms with van der Waals surface area (Å²) in [5.74, 6) is 0.809. The van der Waals surface area contributed by atoms with E-state index in [1.807, 2.05) is 18.2 Å². The predicted molar refractivity (Wildman–Crippen MR) is 68.3 cm³/mol. The Morgan fingerprint density at radius 2 is 2.29 bits per heavy atom. The normalized spacial score (nSPS) is 18.1. The van der Waals surface area contributed by atoms with Crippen LogP contribution in [0.15, 0.2) is 18.2 Å². The third-order valence-corrected chi connectivity index (χ3v) is 3.55. The summed E-state index contributed by atoms with van der Waals surface area (Å²) >= 11 is 0. The SMILES string of the molecule is O=C(NCC1CC1)c1ccc2c(c1)CCCN2. The molecule has 0 atom stereocenters. The van der Waals surface area contributed by atoms with Crippen LogP contribution in [-0.4, -0.2) is 19.0 Å². The molecule has 1 fully saturated rings. The van der Waals surface area contributed by atoms with Crippen LogP contribution >= 0.6 is 0 Å². The Balaban J connectivity index is 1.70. The molecule has 0 bridgehead atoms. The number of carbonyl (C=O) groups excluding carboxylic acids is 1. The largest absolute Gasteiger partial charge is 0.385 e. The van der Waals surface area contributed by atoms with Gasteiger partial charge in [0, 0.05) is 24.3 Å². The molecular weight excluding hydrogens is 212 g/mol. The van der Waals surface area contributed by atoms with Crippen molar-refractivity contribution in [1.29, 1.82) is 0 Å². The molecule has 1 heterocycles. The summed E-state index contributed by atoms with van der Waals surface area (Å²) in [6.07, 6.45) is 4.77. The van der Waals surface area contributed by atoms with Gasteiger partial charge in [-0.3, -0.25) is 4.79 Å². The number of fused-ring (bicyclic) bond motifs is 1. The third kappa shape index (κ3) is 2.43. The number of hydrogen-bond donors (Lipinski definition) is 2. The molecule has 1 aromatic carbocycles. The van der Waals surface area contributed by atoms with Gasteiger partial charge in [-0.05, 0) is 55.4 Å². The van der Waals surface area contributed by atoms with Crippen LogP contribution in [0.5, 0.6) is 0 Å². The molecule has 0 saturated heterocycles. The van der Waals surface area contributed by atoms with Crippen LogP contribution in [0.4, 0.5) is 5.69 Å². The van der Waals surface area contributed by atoms with Gasteiger partial charge in [-0.15, -0.1) is 0 Å². The molecule has 0 spiro atoms. The van der Waals surface area contributed by atoms with E-state index in [9.17, 15) is 4.79 Å². The first kappa shape index (κ1) is 10.6. The van der Waals surface area contributed by atoms with Crippen molar-refractivity contribution < 1.29 is 4.79 Å². The first-order valence-corrected chi connectivity index (χ1v) is 6.48. The van der Waals surface area contributed by atoms with Gasteiger partial charge in [0.1, 0.15) is 0 Å². The van der Waals surface area contributed by atoms with E-state index in [0.29, 0.717) is 0 Å². The van der Waals surface area contributed by atoms with Crippen molar-refractivity contribution in [3.63, 3.8) is 0 Å². The van der Waals surface area contributed by atoms with Crippen LogP contribution in [0, 0.1) is 5.92 Å². The quantitative estimate of drug-likeness (QED) is 0.835. The second kappa shape index (κ2) is 4.40. The van der Waals surface area contributed by atoms with Gasteiger partial charge in [-0.2, -0.15) is 0 Å². The Hall–Kier alpha value is -1.51. The average Bonchev–Trinajstić information content (AvgIpc) is 3.19. The maximum Gasteiger partial charge on any atom is 0.251 e. The monoisotopic (exact) mass is 230 g/mol. The number of benzene rings is 1. The van der Waals surface area contributed by atoms with Crippen LogP contribution in [-0.2, 0) is 6.42 Å². The van der Waals surface area contributed by atoms with Gasteiger partial charge in [0.2, 0.25) is 0 Å². The van der Waals surface area contributed by atoms with Crippen molar-refractivity contribution in [3.05, 3.63) is 29.3 Å². The first-order chi connectivity index (χ1) is 8.33. The second-order valence-electron chi connectivity index (χ2n) is 5.06. The number of carbonyl (C=O) groups is 1. The molecular formula is C14H18N2O. The number of hydrogen-bond acceptors (Lipinski definition) is 2. The molecule has 17 heavy (non-hydrogen) atoms. The van der Waals surface area contributed by atoms with Crippen molar-refractivity contribution in [2.45, 2.75) is 25.7 Å². The number of anilines is 1. The fraction of sp³-hybridized carbons (Fsp3) is 0.500. The maximum absolute atomic E-state index is 11.9. The zero-order chi connectivity index (χ0) is 11.7. The minimum atomic E-state index is 0.0743. The summed E-state index contributed by atoms with van der Waals surface area (Å²) in [6.45, 7) is 1.88. The van der Waals surface area contributed by atoms with Gasteiger partial charge in [0.05, 0.1) is 0 Å². The Kier molecular flexibility index (Phi) is 2.75. The highest BCUT2D eigenvalue weighted by Crippen LogP contribution is 2.28. The van der Waals surface area contributed by atoms with E-state index in [1.165, 1.54) is 24.1 Å². The van der Waals surface area contributed by atoms with E-state index in [0.717, 1.165) is 37.4 Å². The van der Waals surface area contributed by atoms with Crippen molar-refractivity contribution in [1.82, 2.24) is 5.32 Å². The maximum atomic E-state index is 11.9. The molecule has 1 saturated carbocycles. The summed E-state index contributed by atoms with van der Waals surface area (Å²) < 4.78 is 0. The van der Waals surface area contributed by atoms with Gasteiger partial charge >= 0.3 is 0 Å². The zero-order valence-corrected chi connectivity index (χ0v) is 9.96. The summed E-state index contributed by atoms with van der Waals surface area (Å²) in [6, 6.07) is 5.98. The molecule has 3 heteroatoms. The minimum Gasteiger partial charge on any atom is -0.385 e. The van der Waals surface area contributed by atoms with Crippen molar-refractivity contribution in [2.24, 2.45) is 5.92 Å². The summed E-state index contributed by atoms with van der Waals surface area (Å²) in [5, 5.41) is 6.37. The molecule has 0 unspecified atom stereocenters. The lowest BCUT2D eigenvalue weighted by Gasteiger charge is -2.18. The highest BCUT2D eigenvalue weighted by atomic mass is 16.1. The fourth-order valence-corrected chi connectivity index (χ4v) is 2.28. The van der Waals surface area contributed by atoms with Crippen molar-refractivity contribution in [3.8, 4) is 0 Å². The smallest absolute Gasteiger partial charge is 0.251 e. The Labute approximate surface area is 102 Å². The van der Waals surface area contributed by atoms with Gasteiger partial charge in [0.25, 0.3) is 5.91 Å². The number of amides is 1. The highest BCUT2D eigenvalue weighted by molar-refractivity contribution is 5.95. The number of aryl methyl sites for hydroxylation is 1. The van der Waals surface area contributed by atoms with E-state index in [1.54, 1.807) is 0 Å². The fourth-order valence-electron chi connectivity index (χ4n) is 2.28. The molecule has 1 aromatic rings. The predicted octanol–water partition coefficient (Wildman–Crippen LogP) is 2.18. The third-order valence-electron chi connectivity index (χ3n) is 3.55. The highest BCUT2D eigenvalue weighted by Gasteiger charge is 2.22. The molecule has 90 valence electrons. The Morgan fingerprint density at radius 3 is 3.12 bits per heavy atom. The lowest BCUT2D eigenvalue weighted by atomic mass is 10.0. The summed E-state index contributed by atoms with van der Waals surface area (Å²) in [5.41, 5.74) is 3.26. The summed E-state index contributed by atoms with van der Waals surface area (Å²) in [4.78, 5) is 11.9. The molecule has 2 N–H and O–H groups in total. The second-order valence-corrected chi connectivity index (χ2v) is 5.06. The van der Waals surface area contributed by atoms with E-state index in [-0.39, 0.29) is 5.91 Å². The van der Waals surface area contributed by atoms with Crippen LogP contribution in [0.25, 0.3) is 0 Å². The van der Waals surface area contributed by atoms with Gasteiger partial charge in [0.15, 0.2) is 0 Å². The molecule has 2 aliphatic rings. The van der Waals surface area contributed by atoms with Crippen LogP contribution in [0.3, 0.4) is 0 Å². The molecule has 3 nitrogen and oxygen atoms in total. The van der Waals surface area contributed by atoms with Crippen LogP contribution < -0.4 is 10.6 Å². The molecule has 3 rings (SSSR count). The van der Waals surface area contributed by atoms with Gasteiger partial charge < -0.3 is 10.6 Å². The molecule has 0 aromatic heterocycles. The van der Waals surface area contributed by atoms with Gasteiger partial charge in [-0.25, -0.2) is 0 Å². The van der Waals surface area contributed by atoms with Crippen LogP contribution in [0.2, 0.25) is 0 Å². The zero-order valence-electron chi connectivity index (χ0n) is 9.96. The average molecular weight is 230 g/mol. The lowest BCUT2D eigenvalue weighted by molar-refractivity contribution is 0.0951. The van der Waals surface area contributed by atoms with Crippen LogP contribution in [0.1, 0.15) is 35.2 Å². The standard InChI is InChI=1S/C14H18N2O/c17-14(16-9-10-3-4-10)12-5-6-13-11(8-12)2-1-7-15-13/h5-6,8,10,15H,1-4,7,9H2,(H,16,17). The van der Waals surface area contributed by atoms with E-state index in [4.69, 9.17) is 0 Å². The number of rotatable bonds is 3. The Morgan fingerprint density at radius 1 is 1.41 bits per heavy atom. The molecule has 1 amide bonds. The van der Waals surface area contributed by atoms with E-state index < -0.39 is 0 Å². The minimum absolute atomic E-state index is 0.0743. The topological polar surface area (TPSA) is 41.1 Å². The summed E-state index contributed by atoms with van der Waals surface area (Å²) in [7, 11) is 0. The van der Waals surface area contributed by atoms with Gasteiger partial charge in [-0.1, -0.05) is 0 Å².